The van der Waals surface area contributed by atoms with Gasteiger partial charge in [-0.3, -0.25) is 0 Å². The summed E-state index contributed by atoms with van der Waals surface area (Å²) < 4.78 is 27.8. The van der Waals surface area contributed by atoms with Crippen LogP contribution in [-0.2, 0) is 23.7 Å². The number of nitrogens with two attached hydrogens (primary N) is 1. The molecule has 7 unspecified atom stereocenters. The van der Waals surface area contributed by atoms with Crippen molar-refractivity contribution in [1.29, 1.82) is 0 Å². The lowest BCUT2D eigenvalue weighted by atomic mass is 9.87. The van der Waals surface area contributed by atoms with Crippen LogP contribution in [0, 0.1) is 0 Å². The number of aliphatic hydroxyl groups excluding tert-OH is 11. The van der Waals surface area contributed by atoms with E-state index >= 15 is 0 Å². The second-order valence-electron chi connectivity index (χ2n) is 11.5. The fourth-order valence-corrected chi connectivity index (χ4v) is 5.82. The third-order valence-corrected chi connectivity index (χ3v) is 8.49. The predicted molar refractivity (Wildman–Crippen MR) is 138 cm³/mol. The molecule has 0 radical (unpaired) electrons. The molecule has 0 aromatic rings. The normalized spacial score (nSPS) is 53.0. The number of hydrogen-bond donors (Lipinski definition) is 13. The second kappa shape index (κ2) is 14.2. The Labute approximate surface area is 246 Å². The monoisotopic (exact) mass is 628 g/mol. The largest absolute Gasteiger partial charge is 0.394 e. The van der Waals surface area contributed by atoms with Crippen molar-refractivity contribution in [2.45, 2.75) is 130 Å². The molecular weight excluding hydrogens is 584 g/mol. The molecule has 4 rings (SSSR count). The lowest BCUT2D eigenvalue weighted by molar-refractivity contribution is -0.367. The molecule has 1 aliphatic carbocycles. The average molecular weight is 629 g/mol. The van der Waals surface area contributed by atoms with Gasteiger partial charge in [-0.25, -0.2) is 0 Å². The van der Waals surface area contributed by atoms with Crippen LogP contribution in [0.5, 0.6) is 0 Å². The summed E-state index contributed by atoms with van der Waals surface area (Å²) in [6.45, 7) is 1.59. The first-order valence-corrected chi connectivity index (χ1v) is 14.0. The van der Waals surface area contributed by atoms with Gasteiger partial charge in [0, 0.05) is 0 Å². The lowest BCUT2D eigenvalue weighted by Gasteiger charge is -2.48. The molecule has 250 valence electrons. The van der Waals surface area contributed by atoms with Gasteiger partial charge >= 0.3 is 0 Å². The van der Waals surface area contributed by atoms with Crippen molar-refractivity contribution in [3.8, 4) is 0 Å². The maximum atomic E-state index is 10.9. The van der Waals surface area contributed by atoms with Crippen LogP contribution in [0.4, 0.5) is 0 Å². The highest BCUT2D eigenvalue weighted by Crippen LogP contribution is 2.32. The van der Waals surface area contributed by atoms with Crippen molar-refractivity contribution < 1.29 is 79.9 Å². The number of hydrogen-bond acceptors (Lipinski definition) is 18. The van der Waals surface area contributed by atoms with Gasteiger partial charge in [-0.15, -0.1) is 0 Å². The van der Waals surface area contributed by atoms with Gasteiger partial charge in [-0.05, 0) is 19.4 Å². The average Bonchev–Trinajstić information content (AvgIpc) is 2.98. The van der Waals surface area contributed by atoms with Gasteiger partial charge in [0.15, 0.2) is 12.6 Å². The summed E-state index contributed by atoms with van der Waals surface area (Å²) in [6, 6.07) is -1.92. The van der Waals surface area contributed by atoms with E-state index in [1.54, 1.807) is 6.92 Å². The molecule has 0 saturated carbocycles. The molecule has 19 atom stereocenters. The summed E-state index contributed by atoms with van der Waals surface area (Å²) in [5, 5.41) is 117. The molecule has 14 N–H and O–H groups in total. The lowest BCUT2D eigenvalue weighted by Crippen LogP contribution is -2.68. The molecular formula is C25H44N2O16. The zero-order valence-electron chi connectivity index (χ0n) is 23.5. The molecule has 0 aromatic carbocycles. The Hall–Kier alpha value is -0.980. The fraction of sp³-hybridized carbons (Fsp3) is 0.920. The SMILES string of the molecule is CC1=C[C@@H](N[C@H]2C(C)O[C@@H](O[C@H]3C(CO)O[C@@H](O[C@H]4C(CO)O[C@@H](N)C(O)[C@@H]4O)C(O)[C@@H]3O)C(O)[C@@H]2O)C(O)[C@H](O)[C@H]1O. The molecule has 4 aliphatic rings. The van der Waals surface area contributed by atoms with Gasteiger partial charge in [-0.1, -0.05) is 6.08 Å². The summed E-state index contributed by atoms with van der Waals surface area (Å²) in [5.74, 6) is 0. The van der Waals surface area contributed by atoms with E-state index in [-0.39, 0.29) is 0 Å². The first-order chi connectivity index (χ1) is 20.2. The van der Waals surface area contributed by atoms with Crippen LogP contribution in [0.2, 0.25) is 0 Å². The summed E-state index contributed by atoms with van der Waals surface area (Å²) >= 11 is 0. The van der Waals surface area contributed by atoms with Crippen LogP contribution in [0.3, 0.4) is 0 Å². The highest BCUT2D eigenvalue weighted by atomic mass is 16.7. The molecule has 43 heavy (non-hydrogen) atoms. The first kappa shape index (κ1) is 34.9. The molecule has 0 spiro atoms. The summed E-state index contributed by atoms with van der Waals surface area (Å²) in [5.41, 5.74) is 5.97. The predicted octanol–water partition coefficient (Wildman–Crippen LogP) is -7.57. The van der Waals surface area contributed by atoms with Gasteiger partial charge in [0.1, 0.15) is 85.6 Å². The zero-order chi connectivity index (χ0) is 31.9. The van der Waals surface area contributed by atoms with E-state index in [2.05, 4.69) is 5.32 Å². The first-order valence-electron chi connectivity index (χ1n) is 14.0. The van der Waals surface area contributed by atoms with Crippen LogP contribution >= 0.6 is 0 Å². The fourth-order valence-electron chi connectivity index (χ4n) is 5.82. The van der Waals surface area contributed by atoms with Crippen LogP contribution in [-0.4, -0.2) is 186 Å². The smallest absolute Gasteiger partial charge is 0.187 e. The third kappa shape index (κ3) is 6.92. The van der Waals surface area contributed by atoms with E-state index in [9.17, 15) is 56.2 Å². The van der Waals surface area contributed by atoms with Crippen molar-refractivity contribution >= 4 is 0 Å². The van der Waals surface area contributed by atoms with Crippen molar-refractivity contribution in [3.05, 3.63) is 11.6 Å². The molecule has 3 aliphatic heterocycles. The Morgan fingerprint density at radius 2 is 1.21 bits per heavy atom. The number of nitrogens with one attached hydrogen (secondary N) is 1. The van der Waals surface area contributed by atoms with E-state index in [1.807, 2.05) is 0 Å². The zero-order valence-corrected chi connectivity index (χ0v) is 23.5. The van der Waals surface area contributed by atoms with Crippen molar-refractivity contribution in [1.82, 2.24) is 5.32 Å². The standard InChI is InChI=1S/C25H44N2O16/c1-6-3-8(13(31)15(33)12(6)30)27-11-7(2)39-24(19(37)14(11)32)42-22-10(5-29)41-25(20(38)17(22)35)43-21-9(4-28)40-23(26)18(36)16(21)34/h3,7-25,27-38H,4-5,26H2,1-2H3/t7?,8-,9?,10?,11+,12+,13?,14-,15-,16+,17+,18?,19?,20?,21+,22+,23-,24+,25+/m1/s1. The molecule has 18 nitrogen and oxygen atoms in total. The number of ether oxygens (including phenoxy) is 5. The quantitative estimate of drug-likeness (QED) is 0.111. The second-order valence-corrected chi connectivity index (χ2v) is 11.5. The molecule has 3 heterocycles. The van der Waals surface area contributed by atoms with Crippen molar-refractivity contribution in [2.24, 2.45) is 5.73 Å². The van der Waals surface area contributed by atoms with Crippen LogP contribution in [0.1, 0.15) is 13.8 Å². The van der Waals surface area contributed by atoms with Gasteiger partial charge in [-0.2, -0.15) is 0 Å². The highest BCUT2D eigenvalue weighted by molar-refractivity contribution is 5.20. The van der Waals surface area contributed by atoms with Crippen molar-refractivity contribution in [3.63, 3.8) is 0 Å². The maximum absolute atomic E-state index is 10.9. The Morgan fingerprint density at radius 1 is 0.698 bits per heavy atom. The van der Waals surface area contributed by atoms with Crippen LogP contribution in [0.15, 0.2) is 11.6 Å². The Kier molecular flexibility index (Phi) is 11.5. The van der Waals surface area contributed by atoms with E-state index in [4.69, 9.17) is 29.4 Å². The van der Waals surface area contributed by atoms with Gasteiger partial charge < -0.3 is 90.9 Å². The Morgan fingerprint density at radius 3 is 1.79 bits per heavy atom. The summed E-state index contributed by atoms with van der Waals surface area (Å²) in [6.07, 6.45) is -24.2. The van der Waals surface area contributed by atoms with E-state index in [0.717, 1.165) is 0 Å². The third-order valence-electron chi connectivity index (χ3n) is 8.49. The molecule has 18 heteroatoms. The van der Waals surface area contributed by atoms with Crippen LogP contribution < -0.4 is 11.1 Å². The topological polar surface area (TPSA) is 307 Å². The van der Waals surface area contributed by atoms with E-state index in [1.165, 1.54) is 13.0 Å². The van der Waals surface area contributed by atoms with E-state index in [0.29, 0.717) is 5.57 Å². The summed E-state index contributed by atoms with van der Waals surface area (Å²) in [4.78, 5) is 0. The number of rotatable bonds is 8. The van der Waals surface area contributed by atoms with Crippen molar-refractivity contribution in [2.75, 3.05) is 13.2 Å². The van der Waals surface area contributed by atoms with E-state index < -0.39 is 130 Å². The van der Waals surface area contributed by atoms with Gasteiger partial charge in [0.25, 0.3) is 0 Å². The highest BCUT2D eigenvalue weighted by Gasteiger charge is 2.53. The molecule has 0 aromatic heterocycles. The minimum absolute atomic E-state index is 0.384. The molecule has 3 saturated heterocycles. The molecule has 3 fully saturated rings. The maximum Gasteiger partial charge on any atom is 0.187 e. The minimum Gasteiger partial charge on any atom is -0.394 e. The molecule has 0 bridgehead atoms. The van der Waals surface area contributed by atoms with Crippen LogP contribution in [0.25, 0.3) is 0 Å². The van der Waals surface area contributed by atoms with Gasteiger partial charge in [0.2, 0.25) is 0 Å². The molecule has 0 amide bonds. The summed E-state index contributed by atoms with van der Waals surface area (Å²) in [7, 11) is 0. The van der Waals surface area contributed by atoms with Gasteiger partial charge in [0.05, 0.1) is 31.4 Å². The Bertz CT molecular complexity index is 945. The minimum atomic E-state index is -1.88. The Balaban J connectivity index is 1.42. The number of aliphatic hydroxyl groups is 11.